The molecule has 4 N–H and O–H groups in total. The largest absolute Gasteiger partial charge is 0.391 e. The van der Waals surface area contributed by atoms with Crippen molar-refractivity contribution in [1.29, 1.82) is 0 Å². The van der Waals surface area contributed by atoms with Crippen molar-refractivity contribution >= 4 is 11.4 Å². The normalized spacial score (nSPS) is 17.9. The molecule has 0 amide bonds. The third kappa shape index (κ3) is 4.91. The molecule has 1 aliphatic carbocycles. The van der Waals surface area contributed by atoms with Gasteiger partial charge >= 0.3 is 0 Å². The highest BCUT2D eigenvalue weighted by Gasteiger charge is 2.27. The number of anilines is 1. The molecule has 23 heavy (non-hydrogen) atoms. The van der Waals surface area contributed by atoms with Crippen molar-refractivity contribution in [3.05, 3.63) is 33.9 Å². The number of nitrogens with two attached hydrogens (primary N) is 1. The van der Waals surface area contributed by atoms with Gasteiger partial charge in [-0.3, -0.25) is 10.1 Å². The number of nitrogens with one attached hydrogen (secondary N) is 1. The topological polar surface area (TPSA) is 101 Å². The second kappa shape index (κ2) is 8.26. The standard InChI is InChI=1S/C17H27N3O3/c1-12-8-9-16(20(22)23)15(11-12)19-10-4-7-14(18)17(21)13-5-2-3-6-13/h8-9,11,13-14,17,19,21H,2-7,10,18H2,1H3. The lowest BCUT2D eigenvalue weighted by atomic mass is 9.92. The fraction of sp³-hybridized carbons (Fsp3) is 0.647. The Hall–Kier alpha value is -1.66. The van der Waals surface area contributed by atoms with Crippen molar-refractivity contribution < 1.29 is 10.0 Å². The first kappa shape index (κ1) is 17.7. The molecule has 128 valence electrons. The molecule has 1 fully saturated rings. The average molecular weight is 321 g/mol. The van der Waals surface area contributed by atoms with Gasteiger partial charge in [0.1, 0.15) is 5.69 Å². The molecule has 1 aliphatic rings. The summed E-state index contributed by atoms with van der Waals surface area (Å²) in [5.74, 6) is 0.343. The van der Waals surface area contributed by atoms with Crippen molar-refractivity contribution in [2.45, 2.75) is 57.6 Å². The Balaban J connectivity index is 1.79. The predicted octanol–water partition coefficient (Wildman–Crippen LogP) is 2.97. The first-order chi connectivity index (χ1) is 11.0. The maximum Gasteiger partial charge on any atom is 0.292 e. The first-order valence-electron chi connectivity index (χ1n) is 8.41. The Morgan fingerprint density at radius 3 is 2.78 bits per heavy atom. The molecule has 0 saturated heterocycles. The average Bonchev–Trinajstić information content (AvgIpc) is 3.04. The van der Waals surface area contributed by atoms with Crippen molar-refractivity contribution in [3.8, 4) is 0 Å². The fourth-order valence-corrected chi connectivity index (χ4v) is 3.33. The minimum atomic E-state index is -0.425. The number of nitro benzene ring substituents is 1. The van der Waals surface area contributed by atoms with Crippen molar-refractivity contribution in [3.63, 3.8) is 0 Å². The Labute approximate surface area is 137 Å². The minimum Gasteiger partial charge on any atom is -0.391 e. The predicted molar refractivity (Wildman–Crippen MR) is 91.5 cm³/mol. The van der Waals surface area contributed by atoms with Crippen molar-refractivity contribution in [1.82, 2.24) is 0 Å². The highest BCUT2D eigenvalue weighted by Crippen LogP contribution is 2.29. The van der Waals surface area contributed by atoms with E-state index in [2.05, 4.69) is 5.32 Å². The van der Waals surface area contributed by atoms with Crippen LogP contribution in [-0.4, -0.2) is 28.7 Å². The van der Waals surface area contributed by atoms with Crippen LogP contribution in [0.5, 0.6) is 0 Å². The molecule has 2 unspecified atom stereocenters. The lowest BCUT2D eigenvalue weighted by molar-refractivity contribution is -0.384. The van der Waals surface area contributed by atoms with E-state index in [-0.39, 0.29) is 16.7 Å². The van der Waals surface area contributed by atoms with Crippen LogP contribution in [0.15, 0.2) is 18.2 Å². The van der Waals surface area contributed by atoms with Crippen LogP contribution in [0.4, 0.5) is 11.4 Å². The molecule has 6 heteroatoms. The third-order valence-electron chi connectivity index (χ3n) is 4.70. The number of hydrogen-bond donors (Lipinski definition) is 3. The summed E-state index contributed by atoms with van der Waals surface area (Å²) in [5.41, 5.74) is 7.70. The number of aliphatic hydroxyl groups excluding tert-OH is 1. The highest BCUT2D eigenvalue weighted by molar-refractivity contribution is 5.62. The van der Waals surface area contributed by atoms with Crippen LogP contribution in [0.25, 0.3) is 0 Å². The SMILES string of the molecule is Cc1ccc([N+](=O)[O-])c(NCCCC(N)C(O)C2CCCC2)c1. The zero-order valence-corrected chi connectivity index (χ0v) is 13.7. The summed E-state index contributed by atoms with van der Waals surface area (Å²) in [6.07, 6.45) is 5.58. The number of aryl methyl sites for hydroxylation is 1. The van der Waals surface area contributed by atoms with Crippen LogP contribution >= 0.6 is 0 Å². The van der Waals surface area contributed by atoms with Gasteiger partial charge in [-0.1, -0.05) is 18.9 Å². The summed E-state index contributed by atoms with van der Waals surface area (Å²) < 4.78 is 0. The van der Waals surface area contributed by atoms with E-state index in [9.17, 15) is 15.2 Å². The van der Waals surface area contributed by atoms with Crippen LogP contribution in [0.1, 0.15) is 44.1 Å². The molecule has 0 aromatic heterocycles. The Bertz CT molecular complexity index is 530. The Kier molecular flexibility index (Phi) is 6.36. The summed E-state index contributed by atoms with van der Waals surface area (Å²) in [7, 11) is 0. The smallest absolute Gasteiger partial charge is 0.292 e. The molecule has 1 aromatic carbocycles. The second-order valence-corrected chi connectivity index (χ2v) is 6.55. The maximum atomic E-state index is 11.0. The first-order valence-corrected chi connectivity index (χ1v) is 8.41. The minimum absolute atomic E-state index is 0.0888. The quantitative estimate of drug-likeness (QED) is 0.388. The van der Waals surface area contributed by atoms with E-state index in [0.717, 1.165) is 24.8 Å². The molecule has 2 atom stereocenters. The second-order valence-electron chi connectivity index (χ2n) is 6.55. The Morgan fingerprint density at radius 2 is 2.13 bits per heavy atom. The lowest BCUT2D eigenvalue weighted by Gasteiger charge is -2.24. The van der Waals surface area contributed by atoms with E-state index < -0.39 is 6.10 Å². The number of hydrogen-bond acceptors (Lipinski definition) is 5. The zero-order valence-electron chi connectivity index (χ0n) is 13.7. The molecule has 0 heterocycles. The molecule has 0 spiro atoms. The van der Waals surface area contributed by atoms with E-state index in [0.29, 0.717) is 24.6 Å². The van der Waals surface area contributed by atoms with Gasteiger partial charge < -0.3 is 16.2 Å². The Morgan fingerprint density at radius 1 is 1.43 bits per heavy atom. The summed E-state index contributed by atoms with van der Waals surface area (Å²) in [6.45, 7) is 2.51. The monoisotopic (exact) mass is 321 g/mol. The highest BCUT2D eigenvalue weighted by atomic mass is 16.6. The zero-order chi connectivity index (χ0) is 16.8. The van der Waals surface area contributed by atoms with E-state index in [4.69, 9.17) is 5.73 Å². The summed E-state index contributed by atoms with van der Waals surface area (Å²) in [6, 6.07) is 4.82. The maximum absolute atomic E-state index is 11.0. The van der Waals surface area contributed by atoms with Gasteiger partial charge in [0.2, 0.25) is 0 Å². The number of aliphatic hydroxyl groups is 1. The van der Waals surface area contributed by atoms with Crippen LogP contribution in [0.2, 0.25) is 0 Å². The van der Waals surface area contributed by atoms with Gasteiger partial charge in [-0.25, -0.2) is 0 Å². The molecule has 0 aliphatic heterocycles. The van der Waals surface area contributed by atoms with E-state index in [1.807, 2.05) is 6.92 Å². The van der Waals surface area contributed by atoms with Gasteiger partial charge in [0.05, 0.1) is 11.0 Å². The molecule has 0 radical (unpaired) electrons. The number of nitrogens with zero attached hydrogens (tertiary/aromatic N) is 1. The van der Waals surface area contributed by atoms with Gasteiger partial charge in [0.15, 0.2) is 0 Å². The summed E-state index contributed by atoms with van der Waals surface area (Å²) in [4.78, 5) is 10.6. The number of nitro groups is 1. The van der Waals surface area contributed by atoms with Gasteiger partial charge in [-0.2, -0.15) is 0 Å². The molecule has 6 nitrogen and oxygen atoms in total. The number of rotatable bonds is 8. The molecular formula is C17H27N3O3. The van der Waals surface area contributed by atoms with Crippen LogP contribution in [0, 0.1) is 23.0 Å². The summed E-state index contributed by atoms with van der Waals surface area (Å²) in [5, 5.41) is 24.4. The van der Waals surface area contributed by atoms with Crippen LogP contribution < -0.4 is 11.1 Å². The molecular weight excluding hydrogens is 294 g/mol. The van der Waals surface area contributed by atoms with Crippen LogP contribution in [0.3, 0.4) is 0 Å². The fourth-order valence-electron chi connectivity index (χ4n) is 3.33. The molecule has 2 rings (SSSR count). The summed E-state index contributed by atoms with van der Waals surface area (Å²) >= 11 is 0. The van der Waals surface area contributed by atoms with E-state index in [1.54, 1.807) is 12.1 Å². The van der Waals surface area contributed by atoms with E-state index in [1.165, 1.54) is 18.9 Å². The third-order valence-corrected chi connectivity index (χ3v) is 4.70. The van der Waals surface area contributed by atoms with Gasteiger partial charge in [0, 0.05) is 18.7 Å². The van der Waals surface area contributed by atoms with Gasteiger partial charge in [0.25, 0.3) is 5.69 Å². The van der Waals surface area contributed by atoms with Gasteiger partial charge in [-0.05, 0) is 50.2 Å². The van der Waals surface area contributed by atoms with Crippen molar-refractivity contribution in [2.24, 2.45) is 11.7 Å². The number of benzene rings is 1. The van der Waals surface area contributed by atoms with E-state index >= 15 is 0 Å². The molecule has 1 saturated carbocycles. The lowest BCUT2D eigenvalue weighted by Crippen LogP contribution is -2.39. The van der Waals surface area contributed by atoms with Crippen molar-refractivity contribution in [2.75, 3.05) is 11.9 Å². The molecule has 1 aromatic rings. The molecule has 0 bridgehead atoms. The van der Waals surface area contributed by atoms with Crippen LogP contribution in [-0.2, 0) is 0 Å². The van der Waals surface area contributed by atoms with Gasteiger partial charge in [-0.15, -0.1) is 0 Å².